The first kappa shape index (κ1) is 18.2. The summed E-state index contributed by atoms with van der Waals surface area (Å²) >= 11 is 1.55. The predicted molar refractivity (Wildman–Crippen MR) is 107 cm³/mol. The summed E-state index contributed by atoms with van der Waals surface area (Å²) in [6, 6.07) is 15.1. The summed E-state index contributed by atoms with van der Waals surface area (Å²) in [4.78, 5) is 21.7. The van der Waals surface area contributed by atoms with Gasteiger partial charge in [-0.2, -0.15) is 0 Å². The Bertz CT molecular complexity index is 913. The van der Waals surface area contributed by atoms with Crippen LogP contribution < -0.4 is 10.1 Å². The first-order valence-corrected chi connectivity index (χ1v) is 9.40. The van der Waals surface area contributed by atoms with E-state index < -0.39 is 0 Å². The van der Waals surface area contributed by atoms with E-state index in [1.807, 2.05) is 62.4 Å². The molecule has 2 aromatic carbocycles. The number of ether oxygens (including phenoxy) is 1. The van der Waals surface area contributed by atoms with Crippen LogP contribution in [0.1, 0.15) is 18.3 Å². The Morgan fingerprint density at radius 2 is 1.77 bits per heavy atom. The van der Waals surface area contributed by atoms with Crippen LogP contribution in [0.25, 0.3) is 11.0 Å². The smallest absolute Gasteiger partial charge is 0.237 e. The number of para-hydroxylation sites is 2. The maximum atomic E-state index is 12.4. The van der Waals surface area contributed by atoms with Gasteiger partial charge in [-0.05, 0) is 50.2 Å². The Balaban J connectivity index is 1.61. The van der Waals surface area contributed by atoms with Gasteiger partial charge in [0.15, 0.2) is 0 Å². The molecule has 1 N–H and O–H groups in total. The molecule has 1 atom stereocenters. The molecule has 0 aliphatic carbocycles. The number of anilines is 1. The van der Waals surface area contributed by atoms with Gasteiger partial charge >= 0.3 is 0 Å². The van der Waals surface area contributed by atoms with E-state index in [0.717, 1.165) is 33.9 Å². The minimum atomic E-state index is -0.204. The minimum Gasteiger partial charge on any atom is -0.497 e. The number of methoxy groups -OCH3 is 1. The van der Waals surface area contributed by atoms with Crippen molar-refractivity contribution in [1.82, 2.24) is 9.97 Å². The van der Waals surface area contributed by atoms with Gasteiger partial charge in [-0.25, -0.2) is 9.97 Å². The van der Waals surface area contributed by atoms with Crippen molar-refractivity contribution in [3.63, 3.8) is 0 Å². The predicted octanol–water partition coefficient (Wildman–Crippen LogP) is 4.21. The van der Waals surface area contributed by atoms with Gasteiger partial charge in [0.25, 0.3) is 0 Å². The lowest BCUT2D eigenvalue weighted by Crippen LogP contribution is -2.22. The van der Waals surface area contributed by atoms with Crippen LogP contribution in [0.5, 0.6) is 5.75 Å². The summed E-state index contributed by atoms with van der Waals surface area (Å²) in [6.07, 6.45) is 0. The lowest BCUT2D eigenvalue weighted by atomic mass is 10.2. The number of benzene rings is 2. The van der Waals surface area contributed by atoms with E-state index in [2.05, 4.69) is 15.3 Å². The van der Waals surface area contributed by atoms with Crippen molar-refractivity contribution < 1.29 is 9.53 Å². The maximum Gasteiger partial charge on any atom is 0.237 e. The number of hydrogen-bond acceptors (Lipinski definition) is 5. The van der Waals surface area contributed by atoms with E-state index in [-0.39, 0.29) is 11.2 Å². The lowest BCUT2D eigenvalue weighted by molar-refractivity contribution is -0.115. The Morgan fingerprint density at radius 3 is 2.42 bits per heavy atom. The van der Waals surface area contributed by atoms with Crippen LogP contribution in [0.4, 0.5) is 5.69 Å². The molecule has 1 unspecified atom stereocenters. The van der Waals surface area contributed by atoms with Crippen molar-refractivity contribution in [2.24, 2.45) is 0 Å². The van der Waals surface area contributed by atoms with Crippen molar-refractivity contribution in [3.05, 3.63) is 59.9 Å². The lowest BCUT2D eigenvalue weighted by Gasteiger charge is -2.13. The molecule has 0 bridgehead atoms. The molecule has 0 aliphatic heterocycles. The van der Waals surface area contributed by atoms with Gasteiger partial charge < -0.3 is 10.1 Å². The van der Waals surface area contributed by atoms with Crippen molar-refractivity contribution >= 4 is 34.4 Å². The molecular weight excluding hydrogens is 346 g/mol. The highest BCUT2D eigenvalue weighted by Crippen LogP contribution is 2.22. The Hall–Kier alpha value is -2.60. The van der Waals surface area contributed by atoms with E-state index in [9.17, 15) is 4.79 Å². The number of aryl methyl sites for hydroxylation is 1. The molecule has 3 rings (SSSR count). The fraction of sp³-hybridized carbons (Fsp3) is 0.250. The van der Waals surface area contributed by atoms with Gasteiger partial charge in [-0.3, -0.25) is 4.79 Å². The second kappa shape index (κ2) is 8.19. The molecule has 26 heavy (non-hydrogen) atoms. The molecule has 0 radical (unpaired) electrons. The standard InChI is InChI=1S/C20H21N3O2S/c1-13-19(23-18-7-5-4-6-17(18)21-13)12-26-14(2)20(24)22-15-8-10-16(25-3)11-9-15/h4-11,14H,12H2,1-3H3,(H,22,24). The zero-order valence-electron chi connectivity index (χ0n) is 15.0. The molecule has 1 aromatic heterocycles. The van der Waals surface area contributed by atoms with Crippen LogP contribution in [0.15, 0.2) is 48.5 Å². The number of fused-ring (bicyclic) bond motifs is 1. The van der Waals surface area contributed by atoms with E-state index in [1.54, 1.807) is 18.9 Å². The van der Waals surface area contributed by atoms with Crippen LogP contribution in [0.2, 0.25) is 0 Å². The summed E-state index contributed by atoms with van der Waals surface area (Å²) in [5.74, 6) is 1.36. The molecule has 0 saturated carbocycles. The number of aromatic nitrogens is 2. The van der Waals surface area contributed by atoms with Gasteiger partial charge in [-0.1, -0.05) is 12.1 Å². The number of rotatable bonds is 6. The Morgan fingerprint density at radius 1 is 1.12 bits per heavy atom. The number of carbonyl (C=O) groups is 1. The molecule has 0 spiro atoms. The molecule has 1 heterocycles. The largest absolute Gasteiger partial charge is 0.497 e. The third kappa shape index (κ3) is 4.32. The summed E-state index contributed by atoms with van der Waals surface area (Å²) in [5.41, 5.74) is 4.34. The summed E-state index contributed by atoms with van der Waals surface area (Å²) in [5, 5.41) is 2.72. The normalized spacial score (nSPS) is 12.0. The molecule has 6 heteroatoms. The molecule has 0 aliphatic rings. The number of thioether (sulfide) groups is 1. The molecule has 0 saturated heterocycles. The first-order chi connectivity index (χ1) is 12.6. The van der Waals surface area contributed by atoms with E-state index >= 15 is 0 Å². The van der Waals surface area contributed by atoms with Crippen LogP contribution >= 0.6 is 11.8 Å². The van der Waals surface area contributed by atoms with Crippen LogP contribution in [0.3, 0.4) is 0 Å². The number of nitrogens with zero attached hydrogens (tertiary/aromatic N) is 2. The zero-order valence-corrected chi connectivity index (χ0v) is 15.8. The molecule has 3 aromatic rings. The van der Waals surface area contributed by atoms with Crippen molar-refractivity contribution in [2.45, 2.75) is 24.9 Å². The van der Waals surface area contributed by atoms with E-state index in [0.29, 0.717) is 5.75 Å². The number of carbonyl (C=O) groups excluding carboxylic acids is 1. The fourth-order valence-corrected chi connectivity index (χ4v) is 3.35. The third-order valence-electron chi connectivity index (χ3n) is 4.04. The van der Waals surface area contributed by atoms with Gasteiger partial charge in [0.2, 0.25) is 5.91 Å². The molecule has 134 valence electrons. The molecule has 5 nitrogen and oxygen atoms in total. The van der Waals surface area contributed by atoms with Crippen molar-refractivity contribution in [1.29, 1.82) is 0 Å². The summed E-state index contributed by atoms with van der Waals surface area (Å²) < 4.78 is 5.12. The van der Waals surface area contributed by atoms with Crippen LogP contribution in [-0.2, 0) is 10.5 Å². The van der Waals surface area contributed by atoms with E-state index in [4.69, 9.17) is 4.74 Å². The molecule has 0 fully saturated rings. The Kier molecular flexibility index (Phi) is 5.73. The van der Waals surface area contributed by atoms with Crippen molar-refractivity contribution in [3.8, 4) is 5.75 Å². The molecular formula is C20H21N3O2S. The summed E-state index contributed by atoms with van der Waals surface area (Å²) in [7, 11) is 1.62. The topological polar surface area (TPSA) is 64.1 Å². The van der Waals surface area contributed by atoms with E-state index in [1.165, 1.54) is 0 Å². The summed E-state index contributed by atoms with van der Waals surface area (Å²) in [6.45, 7) is 3.85. The Labute approximate surface area is 157 Å². The van der Waals surface area contributed by atoms with Crippen LogP contribution in [-0.4, -0.2) is 28.2 Å². The van der Waals surface area contributed by atoms with Gasteiger partial charge in [0, 0.05) is 11.4 Å². The number of nitrogens with one attached hydrogen (secondary N) is 1. The van der Waals surface area contributed by atoms with Gasteiger partial charge in [-0.15, -0.1) is 11.8 Å². The minimum absolute atomic E-state index is 0.0356. The quantitative estimate of drug-likeness (QED) is 0.707. The highest BCUT2D eigenvalue weighted by atomic mass is 32.2. The molecule has 1 amide bonds. The third-order valence-corrected chi connectivity index (χ3v) is 5.19. The SMILES string of the molecule is COc1ccc(NC(=O)C(C)SCc2nc3ccccc3nc2C)cc1. The average Bonchev–Trinajstić information content (AvgIpc) is 2.66. The fourth-order valence-electron chi connectivity index (χ4n) is 2.46. The highest BCUT2D eigenvalue weighted by Gasteiger charge is 2.15. The van der Waals surface area contributed by atoms with Gasteiger partial charge in [0.05, 0.1) is 34.8 Å². The number of hydrogen-bond donors (Lipinski definition) is 1. The average molecular weight is 367 g/mol. The highest BCUT2D eigenvalue weighted by molar-refractivity contribution is 7.99. The zero-order chi connectivity index (χ0) is 18.5. The van der Waals surface area contributed by atoms with Crippen LogP contribution in [0, 0.1) is 6.92 Å². The second-order valence-electron chi connectivity index (χ2n) is 5.92. The second-order valence-corrected chi connectivity index (χ2v) is 7.24. The maximum absolute atomic E-state index is 12.4. The van der Waals surface area contributed by atoms with Gasteiger partial charge in [0.1, 0.15) is 5.75 Å². The monoisotopic (exact) mass is 367 g/mol. The number of amides is 1. The van der Waals surface area contributed by atoms with Crippen molar-refractivity contribution in [2.75, 3.05) is 12.4 Å². The first-order valence-electron chi connectivity index (χ1n) is 8.35.